The summed E-state index contributed by atoms with van der Waals surface area (Å²) in [5, 5.41) is 5.52. The second-order valence-corrected chi connectivity index (χ2v) is 9.45. The van der Waals surface area contributed by atoms with Gasteiger partial charge in [-0.1, -0.05) is 73.1 Å². The lowest BCUT2D eigenvalue weighted by atomic mass is 10.1. The summed E-state index contributed by atoms with van der Waals surface area (Å²) >= 11 is 6.38. The lowest BCUT2D eigenvalue weighted by molar-refractivity contribution is -0.143. The van der Waals surface area contributed by atoms with Crippen molar-refractivity contribution in [3.05, 3.63) is 77.3 Å². The summed E-state index contributed by atoms with van der Waals surface area (Å²) in [6, 6.07) is 20.3. The van der Waals surface area contributed by atoms with Crippen molar-refractivity contribution < 1.29 is 14.3 Å². The zero-order chi connectivity index (χ0) is 24.0. The predicted octanol–water partition coefficient (Wildman–Crippen LogP) is 5.59. The maximum Gasteiger partial charge on any atom is 0.261 e. The first-order valence-corrected chi connectivity index (χ1v) is 11.5. The van der Waals surface area contributed by atoms with Gasteiger partial charge in [-0.25, -0.2) is 0 Å². The van der Waals surface area contributed by atoms with Crippen LogP contribution in [-0.4, -0.2) is 34.9 Å². The van der Waals surface area contributed by atoms with Crippen LogP contribution in [-0.2, 0) is 16.1 Å². The Labute approximate surface area is 200 Å². The summed E-state index contributed by atoms with van der Waals surface area (Å²) in [6.45, 7) is 7.68. The highest BCUT2D eigenvalue weighted by Gasteiger charge is 2.31. The molecular weight excluding hydrogens is 436 g/mol. The number of hydrogen-bond acceptors (Lipinski definition) is 3. The first-order valence-electron chi connectivity index (χ1n) is 11.1. The van der Waals surface area contributed by atoms with Crippen molar-refractivity contribution in [1.82, 2.24) is 10.2 Å². The van der Waals surface area contributed by atoms with Gasteiger partial charge in [-0.15, -0.1) is 0 Å². The summed E-state index contributed by atoms with van der Waals surface area (Å²) in [7, 11) is 0. The number of nitrogens with zero attached hydrogens (tertiary/aromatic N) is 1. The van der Waals surface area contributed by atoms with Crippen LogP contribution in [0.15, 0.2) is 66.7 Å². The molecule has 0 aliphatic carbocycles. The van der Waals surface area contributed by atoms with E-state index in [1.165, 1.54) is 0 Å². The second kappa shape index (κ2) is 10.7. The minimum atomic E-state index is -0.649. The Balaban J connectivity index is 1.86. The van der Waals surface area contributed by atoms with Crippen LogP contribution in [0.1, 0.15) is 39.7 Å². The SMILES string of the molecule is CC[C@H](C(=O)NC(C)(C)C)N(Cc1ccccc1Cl)C(=O)COc1cccc2ccccc12. The largest absolute Gasteiger partial charge is 0.483 e. The highest BCUT2D eigenvalue weighted by Crippen LogP contribution is 2.26. The topological polar surface area (TPSA) is 58.6 Å². The number of fused-ring (bicyclic) bond motifs is 1. The van der Waals surface area contributed by atoms with Crippen LogP contribution in [0.2, 0.25) is 5.02 Å². The average molecular weight is 467 g/mol. The van der Waals surface area contributed by atoms with Gasteiger partial charge in [0.1, 0.15) is 11.8 Å². The van der Waals surface area contributed by atoms with Crippen molar-refractivity contribution in [2.24, 2.45) is 0 Å². The van der Waals surface area contributed by atoms with E-state index in [-0.39, 0.29) is 25.0 Å². The third-order valence-electron chi connectivity index (χ3n) is 5.28. The van der Waals surface area contributed by atoms with Crippen LogP contribution >= 0.6 is 11.6 Å². The quantitative estimate of drug-likeness (QED) is 0.470. The number of ether oxygens (including phenoxy) is 1. The fourth-order valence-electron chi connectivity index (χ4n) is 3.73. The van der Waals surface area contributed by atoms with Crippen molar-refractivity contribution in [2.75, 3.05) is 6.61 Å². The summed E-state index contributed by atoms with van der Waals surface area (Å²) in [5.74, 6) is 0.153. The number of halogens is 1. The Bertz CT molecular complexity index is 1120. The van der Waals surface area contributed by atoms with Gasteiger partial charge in [0.2, 0.25) is 5.91 Å². The molecule has 3 aromatic carbocycles. The fraction of sp³-hybridized carbons (Fsp3) is 0.333. The molecule has 0 saturated carbocycles. The third kappa shape index (κ3) is 6.48. The second-order valence-electron chi connectivity index (χ2n) is 9.04. The summed E-state index contributed by atoms with van der Waals surface area (Å²) < 4.78 is 5.95. The van der Waals surface area contributed by atoms with Crippen LogP contribution in [0.3, 0.4) is 0 Å². The maximum absolute atomic E-state index is 13.4. The molecule has 0 heterocycles. The monoisotopic (exact) mass is 466 g/mol. The molecule has 0 radical (unpaired) electrons. The highest BCUT2D eigenvalue weighted by molar-refractivity contribution is 6.31. The first-order chi connectivity index (χ1) is 15.7. The summed E-state index contributed by atoms with van der Waals surface area (Å²) in [6.07, 6.45) is 0.465. The van der Waals surface area contributed by atoms with Gasteiger partial charge < -0.3 is 15.0 Å². The van der Waals surface area contributed by atoms with Crippen LogP contribution in [0.4, 0.5) is 0 Å². The highest BCUT2D eigenvalue weighted by atomic mass is 35.5. The van der Waals surface area contributed by atoms with E-state index in [0.29, 0.717) is 17.2 Å². The van der Waals surface area contributed by atoms with Crippen LogP contribution in [0.5, 0.6) is 5.75 Å². The van der Waals surface area contributed by atoms with Crippen molar-refractivity contribution in [3.8, 4) is 5.75 Å². The van der Waals surface area contributed by atoms with Crippen molar-refractivity contribution in [1.29, 1.82) is 0 Å². The van der Waals surface area contributed by atoms with Gasteiger partial charge >= 0.3 is 0 Å². The van der Waals surface area contributed by atoms with E-state index in [1.54, 1.807) is 11.0 Å². The van der Waals surface area contributed by atoms with Crippen molar-refractivity contribution >= 4 is 34.2 Å². The number of nitrogens with one attached hydrogen (secondary N) is 1. The van der Waals surface area contributed by atoms with Crippen molar-refractivity contribution in [3.63, 3.8) is 0 Å². The van der Waals surface area contributed by atoms with E-state index in [4.69, 9.17) is 16.3 Å². The van der Waals surface area contributed by atoms with Gasteiger partial charge in [-0.3, -0.25) is 9.59 Å². The molecular formula is C27H31ClN2O3. The minimum Gasteiger partial charge on any atom is -0.483 e. The van der Waals surface area contributed by atoms with E-state index in [2.05, 4.69) is 5.32 Å². The fourth-order valence-corrected chi connectivity index (χ4v) is 3.92. The molecule has 174 valence electrons. The lowest BCUT2D eigenvalue weighted by Gasteiger charge is -2.33. The molecule has 2 amide bonds. The van der Waals surface area contributed by atoms with Gasteiger partial charge in [-0.05, 0) is 50.3 Å². The normalized spacial score (nSPS) is 12.3. The summed E-state index contributed by atoms with van der Waals surface area (Å²) in [5.41, 5.74) is 0.364. The molecule has 0 saturated heterocycles. The van der Waals surface area contributed by atoms with Crippen LogP contribution < -0.4 is 10.1 Å². The number of carbonyl (C=O) groups is 2. The number of hydrogen-bond donors (Lipinski definition) is 1. The molecule has 6 heteroatoms. The first kappa shape index (κ1) is 24.6. The predicted molar refractivity (Wildman–Crippen MR) is 133 cm³/mol. The van der Waals surface area contributed by atoms with E-state index in [1.807, 2.05) is 88.4 Å². The molecule has 1 N–H and O–H groups in total. The van der Waals surface area contributed by atoms with E-state index >= 15 is 0 Å². The molecule has 5 nitrogen and oxygen atoms in total. The summed E-state index contributed by atoms with van der Waals surface area (Å²) in [4.78, 5) is 28.1. The Morgan fingerprint density at radius 3 is 2.36 bits per heavy atom. The Morgan fingerprint density at radius 1 is 1.00 bits per heavy atom. The Hall–Kier alpha value is -3.05. The molecule has 3 aromatic rings. The van der Waals surface area contributed by atoms with Gasteiger partial charge in [0.05, 0.1) is 0 Å². The lowest BCUT2D eigenvalue weighted by Crippen LogP contribution is -2.54. The minimum absolute atomic E-state index is 0.183. The van der Waals surface area contributed by atoms with Gasteiger partial charge in [0.25, 0.3) is 5.91 Å². The average Bonchev–Trinajstić information content (AvgIpc) is 2.77. The Kier molecular flexibility index (Phi) is 7.98. The standard InChI is InChI=1S/C27H31ClN2O3/c1-5-23(26(32)29-27(2,3)4)30(17-20-12-7-9-15-22(20)28)25(31)18-33-24-16-10-13-19-11-6-8-14-21(19)24/h6-16,23H,5,17-18H2,1-4H3,(H,29,32)/t23-/m1/s1. The molecule has 0 spiro atoms. The molecule has 0 bridgehead atoms. The van der Waals surface area contributed by atoms with E-state index < -0.39 is 11.6 Å². The molecule has 1 atom stereocenters. The van der Waals surface area contributed by atoms with Gasteiger partial charge in [0.15, 0.2) is 6.61 Å². The zero-order valence-corrected chi connectivity index (χ0v) is 20.4. The molecule has 0 aliphatic heterocycles. The number of amides is 2. The molecule has 0 fully saturated rings. The molecule has 0 aliphatic rings. The van der Waals surface area contributed by atoms with Gasteiger partial charge in [0, 0.05) is 22.5 Å². The zero-order valence-electron chi connectivity index (χ0n) is 19.6. The molecule has 0 aromatic heterocycles. The third-order valence-corrected chi connectivity index (χ3v) is 5.65. The Morgan fingerprint density at radius 2 is 1.67 bits per heavy atom. The molecule has 33 heavy (non-hydrogen) atoms. The van der Waals surface area contributed by atoms with Crippen LogP contribution in [0.25, 0.3) is 10.8 Å². The molecule has 3 rings (SSSR count). The van der Waals surface area contributed by atoms with Gasteiger partial charge in [-0.2, -0.15) is 0 Å². The van der Waals surface area contributed by atoms with E-state index in [9.17, 15) is 9.59 Å². The van der Waals surface area contributed by atoms with Crippen molar-refractivity contribution in [2.45, 2.75) is 52.2 Å². The smallest absolute Gasteiger partial charge is 0.261 e. The maximum atomic E-state index is 13.4. The number of rotatable bonds is 8. The van der Waals surface area contributed by atoms with Crippen LogP contribution in [0, 0.1) is 0 Å². The number of benzene rings is 3. The van der Waals surface area contributed by atoms with E-state index in [0.717, 1.165) is 16.3 Å². The molecule has 0 unspecified atom stereocenters. The number of carbonyl (C=O) groups excluding carboxylic acids is 2.